The van der Waals surface area contributed by atoms with Crippen LogP contribution in [-0.2, 0) is 0 Å². The van der Waals surface area contributed by atoms with E-state index in [2.05, 4.69) is 15.6 Å². The van der Waals surface area contributed by atoms with Crippen molar-refractivity contribution in [3.63, 3.8) is 0 Å². The van der Waals surface area contributed by atoms with Crippen molar-refractivity contribution >= 4 is 5.96 Å². The van der Waals surface area contributed by atoms with Crippen molar-refractivity contribution in [2.75, 3.05) is 13.6 Å². The summed E-state index contributed by atoms with van der Waals surface area (Å²) in [6, 6.07) is 0.164. The van der Waals surface area contributed by atoms with Crippen LogP contribution in [0.15, 0.2) is 4.99 Å². The number of hydrogen-bond donors (Lipinski definition) is 2. The van der Waals surface area contributed by atoms with Crippen molar-refractivity contribution in [1.29, 1.82) is 0 Å². The standard InChI is InChI=1S/C10H20F3N3/c1-7(2)8(3)16-9(14-4)15-6-5-10(11,12)13/h7-8H,5-6H2,1-4H3,(H2,14,15,16). The van der Waals surface area contributed by atoms with Crippen LogP contribution in [0.1, 0.15) is 27.2 Å². The number of halogens is 3. The highest BCUT2D eigenvalue weighted by atomic mass is 19.4. The Balaban J connectivity index is 3.95. The highest BCUT2D eigenvalue weighted by molar-refractivity contribution is 5.79. The molecule has 2 N–H and O–H groups in total. The highest BCUT2D eigenvalue weighted by Crippen LogP contribution is 2.18. The number of rotatable bonds is 4. The molecule has 0 spiro atoms. The number of nitrogens with one attached hydrogen (secondary N) is 2. The van der Waals surface area contributed by atoms with Gasteiger partial charge in [-0.05, 0) is 12.8 Å². The molecule has 0 fully saturated rings. The zero-order valence-corrected chi connectivity index (χ0v) is 10.2. The van der Waals surface area contributed by atoms with E-state index in [1.165, 1.54) is 7.05 Å². The van der Waals surface area contributed by atoms with Crippen LogP contribution in [0, 0.1) is 5.92 Å². The summed E-state index contributed by atoms with van der Waals surface area (Å²) in [6.07, 6.45) is -4.99. The van der Waals surface area contributed by atoms with Gasteiger partial charge >= 0.3 is 6.18 Å². The van der Waals surface area contributed by atoms with Gasteiger partial charge in [0.1, 0.15) is 0 Å². The number of hydrogen-bond acceptors (Lipinski definition) is 1. The first kappa shape index (κ1) is 15.1. The van der Waals surface area contributed by atoms with Crippen molar-refractivity contribution in [2.24, 2.45) is 10.9 Å². The first-order valence-electron chi connectivity index (χ1n) is 5.30. The average molecular weight is 239 g/mol. The zero-order valence-electron chi connectivity index (χ0n) is 10.2. The molecule has 0 amide bonds. The number of aliphatic imine (C=N–C) groups is 1. The van der Waals surface area contributed by atoms with Crippen LogP contribution in [0.4, 0.5) is 13.2 Å². The van der Waals surface area contributed by atoms with Gasteiger partial charge in [-0.3, -0.25) is 4.99 Å². The third-order valence-corrected chi connectivity index (χ3v) is 2.29. The Labute approximate surface area is 94.5 Å². The molecule has 0 aromatic rings. The molecular weight excluding hydrogens is 219 g/mol. The molecule has 0 saturated heterocycles. The summed E-state index contributed by atoms with van der Waals surface area (Å²) in [5.74, 6) is 0.798. The van der Waals surface area contributed by atoms with Gasteiger partial charge in [0.15, 0.2) is 5.96 Å². The lowest BCUT2D eigenvalue weighted by Crippen LogP contribution is -2.45. The van der Waals surface area contributed by atoms with Crippen molar-refractivity contribution in [1.82, 2.24) is 10.6 Å². The van der Waals surface area contributed by atoms with Gasteiger partial charge < -0.3 is 10.6 Å². The molecule has 0 radical (unpaired) electrons. The predicted octanol–water partition coefficient (Wildman–Crippen LogP) is 2.15. The molecular formula is C10H20F3N3. The van der Waals surface area contributed by atoms with E-state index in [1.54, 1.807) is 0 Å². The van der Waals surface area contributed by atoms with Gasteiger partial charge in [-0.2, -0.15) is 13.2 Å². The average Bonchev–Trinajstić information content (AvgIpc) is 2.13. The fourth-order valence-electron chi connectivity index (χ4n) is 0.900. The molecule has 0 aliphatic carbocycles. The largest absolute Gasteiger partial charge is 0.390 e. The topological polar surface area (TPSA) is 36.4 Å². The Kier molecular flexibility index (Phi) is 6.21. The second-order valence-corrected chi connectivity index (χ2v) is 4.04. The Hall–Kier alpha value is -0.940. The maximum Gasteiger partial charge on any atom is 0.390 e. The molecule has 3 nitrogen and oxygen atoms in total. The van der Waals surface area contributed by atoms with Crippen molar-refractivity contribution in [3.8, 4) is 0 Å². The molecule has 0 bridgehead atoms. The minimum Gasteiger partial charge on any atom is -0.356 e. The highest BCUT2D eigenvalue weighted by Gasteiger charge is 2.26. The lowest BCUT2D eigenvalue weighted by atomic mass is 10.1. The van der Waals surface area contributed by atoms with Gasteiger partial charge in [-0.25, -0.2) is 0 Å². The summed E-state index contributed by atoms with van der Waals surface area (Å²) in [5, 5.41) is 5.65. The number of guanidine groups is 1. The van der Waals surface area contributed by atoms with Crippen molar-refractivity contribution in [2.45, 2.75) is 39.4 Å². The molecule has 0 heterocycles. The van der Waals surface area contributed by atoms with Crippen LogP contribution in [0.5, 0.6) is 0 Å². The van der Waals surface area contributed by atoms with E-state index in [0.717, 1.165) is 0 Å². The molecule has 96 valence electrons. The monoisotopic (exact) mass is 239 g/mol. The SMILES string of the molecule is CN=C(NCCC(F)(F)F)NC(C)C(C)C. The molecule has 0 rings (SSSR count). The Morgan fingerprint density at radius 2 is 1.81 bits per heavy atom. The van der Waals surface area contributed by atoms with E-state index >= 15 is 0 Å². The fourth-order valence-corrected chi connectivity index (χ4v) is 0.900. The lowest BCUT2D eigenvalue weighted by Gasteiger charge is -2.20. The van der Waals surface area contributed by atoms with Gasteiger partial charge in [0.2, 0.25) is 0 Å². The molecule has 6 heteroatoms. The van der Waals surface area contributed by atoms with E-state index in [9.17, 15) is 13.2 Å². The van der Waals surface area contributed by atoms with Gasteiger partial charge in [-0.1, -0.05) is 13.8 Å². The zero-order chi connectivity index (χ0) is 12.8. The second-order valence-electron chi connectivity index (χ2n) is 4.04. The van der Waals surface area contributed by atoms with Crippen LogP contribution in [0.2, 0.25) is 0 Å². The predicted molar refractivity (Wildman–Crippen MR) is 59.5 cm³/mol. The quantitative estimate of drug-likeness (QED) is 0.582. The summed E-state index contributed by atoms with van der Waals surface area (Å²) in [4.78, 5) is 3.86. The van der Waals surface area contributed by atoms with Crippen LogP contribution in [-0.4, -0.2) is 31.8 Å². The number of alkyl halides is 3. The second kappa shape index (κ2) is 6.60. The van der Waals surface area contributed by atoms with Crippen LogP contribution in [0.25, 0.3) is 0 Å². The molecule has 0 aromatic carbocycles. The summed E-state index contributed by atoms with van der Waals surface area (Å²) in [7, 11) is 1.54. The maximum atomic E-state index is 11.9. The Morgan fingerprint density at radius 1 is 1.25 bits per heavy atom. The third kappa shape index (κ3) is 7.36. The van der Waals surface area contributed by atoms with Gasteiger partial charge in [0, 0.05) is 19.6 Å². The van der Waals surface area contributed by atoms with E-state index in [0.29, 0.717) is 11.9 Å². The van der Waals surface area contributed by atoms with E-state index < -0.39 is 12.6 Å². The first-order chi connectivity index (χ1) is 7.26. The fraction of sp³-hybridized carbons (Fsp3) is 0.900. The molecule has 0 aliphatic rings. The molecule has 16 heavy (non-hydrogen) atoms. The lowest BCUT2D eigenvalue weighted by molar-refractivity contribution is -0.132. The Bertz CT molecular complexity index is 224. The van der Waals surface area contributed by atoms with Gasteiger partial charge in [-0.15, -0.1) is 0 Å². The minimum absolute atomic E-state index is 0.159. The first-order valence-corrected chi connectivity index (χ1v) is 5.30. The summed E-state index contributed by atoms with van der Waals surface area (Å²) in [5.41, 5.74) is 0. The maximum absolute atomic E-state index is 11.9. The summed E-state index contributed by atoms with van der Waals surface area (Å²) in [6.45, 7) is 5.86. The van der Waals surface area contributed by atoms with Crippen molar-refractivity contribution < 1.29 is 13.2 Å². The van der Waals surface area contributed by atoms with Gasteiger partial charge in [0.05, 0.1) is 6.42 Å². The molecule has 0 saturated carbocycles. The molecule has 1 atom stereocenters. The van der Waals surface area contributed by atoms with Crippen molar-refractivity contribution in [3.05, 3.63) is 0 Å². The molecule has 1 unspecified atom stereocenters. The normalized spacial score (nSPS) is 15.1. The van der Waals surface area contributed by atoms with E-state index in [1.807, 2.05) is 20.8 Å². The summed E-state index contributed by atoms with van der Waals surface area (Å²) >= 11 is 0. The third-order valence-electron chi connectivity index (χ3n) is 2.29. The summed E-state index contributed by atoms with van der Waals surface area (Å²) < 4.78 is 35.7. The smallest absolute Gasteiger partial charge is 0.356 e. The van der Waals surface area contributed by atoms with Crippen LogP contribution >= 0.6 is 0 Å². The minimum atomic E-state index is -4.13. The molecule has 0 aliphatic heterocycles. The molecule has 0 aromatic heterocycles. The Morgan fingerprint density at radius 3 is 2.19 bits per heavy atom. The van der Waals surface area contributed by atoms with E-state index in [4.69, 9.17) is 0 Å². The number of nitrogens with zero attached hydrogens (tertiary/aromatic N) is 1. The van der Waals surface area contributed by atoms with Gasteiger partial charge in [0.25, 0.3) is 0 Å². The van der Waals surface area contributed by atoms with Crippen LogP contribution < -0.4 is 10.6 Å². The van der Waals surface area contributed by atoms with Crippen LogP contribution in [0.3, 0.4) is 0 Å². The van der Waals surface area contributed by atoms with E-state index in [-0.39, 0.29) is 12.6 Å².